The molecule has 24 heavy (non-hydrogen) atoms. The number of sulfone groups is 1. The number of amides is 1. The van der Waals surface area contributed by atoms with Gasteiger partial charge in [0.05, 0.1) is 24.7 Å². The van der Waals surface area contributed by atoms with E-state index in [1.807, 2.05) is 29.2 Å². The van der Waals surface area contributed by atoms with E-state index in [2.05, 4.69) is 4.99 Å². The van der Waals surface area contributed by atoms with Gasteiger partial charge in [0.1, 0.15) is 12.4 Å². The second-order valence-electron chi connectivity index (χ2n) is 5.59. The molecule has 2 atom stereocenters. The predicted molar refractivity (Wildman–Crippen MR) is 93.6 cm³/mol. The number of hydrogen-bond acceptors (Lipinski definition) is 6. The van der Waals surface area contributed by atoms with Crippen LogP contribution < -0.4 is 9.64 Å². The zero-order valence-corrected chi connectivity index (χ0v) is 15.0. The Balaban J connectivity index is 1.99. The Hall–Kier alpha value is -1.58. The van der Waals surface area contributed by atoms with Gasteiger partial charge in [-0.05, 0) is 12.1 Å². The summed E-state index contributed by atoms with van der Waals surface area (Å²) in [5.41, 5.74) is 0.760. The van der Waals surface area contributed by atoms with Crippen LogP contribution in [0.25, 0.3) is 0 Å². The molecule has 0 saturated carbocycles. The molecular formula is C15H18N2O5S2. The molecule has 0 spiro atoms. The van der Waals surface area contributed by atoms with Crippen LogP contribution in [0.5, 0.6) is 5.75 Å². The molecule has 0 bridgehead atoms. The van der Waals surface area contributed by atoms with Gasteiger partial charge in [-0.2, -0.15) is 4.99 Å². The molecule has 2 fully saturated rings. The lowest BCUT2D eigenvalue weighted by molar-refractivity contribution is -0.121. The normalized spacial score (nSPS) is 26.6. The van der Waals surface area contributed by atoms with Gasteiger partial charge in [0, 0.05) is 24.1 Å². The second-order valence-corrected chi connectivity index (χ2v) is 8.95. The molecule has 0 radical (unpaired) electrons. The van der Waals surface area contributed by atoms with Crippen LogP contribution in [0, 0.1) is 0 Å². The minimum absolute atomic E-state index is 0.0549. The van der Waals surface area contributed by atoms with Crippen molar-refractivity contribution in [1.29, 1.82) is 0 Å². The quantitative estimate of drug-likeness (QED) is 0.780. The average molecular weight is 370 g/mol. The van der Waals surface area contributed by atoms with Crippen molar-refractivity contribution in [1.82, 2.24) is 0 Å². The average Bonchev–Trinajstić information content (AvgIpc) is 2.98. The number of benzene rings is 1. The van der Waals surface area contributed by atoms with Gasteiger partial charge >= 0.3 is 0 Å². The first-order valence-electron chi connectivity index (χ1n) is 7.34. The van der Waals surface area contributed by atoms with Gasteiger partial charge in [0.15, 0.2) is 15.0 Å². The second kappa shape index (κ2) is 6.73. The van der Waals surface area contributed by atoms with E-state index in [0.29, 0.717) is 10.9 Å². The van der Waals surface area contributed by atoms with E-state index >= 15 is 0 Å². The highest BCUT2D eigenvalue weighted by Gasteiger charge is 2.49. The third kappa shape index (κ3) is 3.42. The van der Waals surface area contributed by atoms with Gasteiger partial charge in [-0.15, -0.1) is 0 Å². The number of carbonyl (C=O) groups is 1. The number of ether oxygens (including phenoxy) is 2. The number of anilines is 1. The monoisotopic (exact) mass is 370 g/mol. The Morgan fingerprint density at radius 3 is 2.88 bits per heavy atom. The van der Waals surface area contributed by atoms with E-state index in [1.165, 1.54) is 18.9 Å². The van der Waals surface area contributed by atoms with Gasteiger partial charge in [-0.25, -0.2) is 8.42 Å². The summed E-state index contributed by atoms with van der Waals surface area (Å²) < 4.78 is 34.0. The van der Waals surface area contributed by atoms with Crippen LogP contribution in [0.3, 0.4) is 0 Å². The summed E-state index contributed by atoms with van der Waals surface area (Å²) in [7, 11) is -0.0838. The van der Waals surface area contributed by atoms with Crippen molar-refractivity contribution in [2.75, 3.05) is 37.2 Å². The molecule has 3 rings (SSSR count). The molecule has 0 aliphatic carbocycles. The maximum Gasteiger partial charge on any atom is 0.274 e. The number of fused-ring (bicyclic) bond motifs is 1. The Morgan fingerprint density at radius 2 is 2.17 bits per heavy atom. The maximum absolute atomic E-state index is 12.0. The third-order valence-corrected chi connectivity index (χ3v) is 7.10. The van der Waals surface area contributed by atoms with Crippen LogP contribution in [0.2, 0.25) is 0 Å². The maximum atomic E-state index is 12.0. The summed E-state index contributed by atoms with van der Waals surface area (Å²) in [5, 5.41) is 0.380. The highest BCUT2D eigenvalue weighted by atomic mass is 32.2. The molecule has 2 saturated heterocycles. The first-order valence-corrected chi connectivity index (χ1v) is 10.0. The van der Waals surface area contributed by atoms with Crippen molar-refractivity contribution in [3.63, 3.8) is 0 Å². The lowest BCUT2D eigenvalue weighted by Gasteiger charge is -2.24. The molecule has 1 aromatic rings. The van der Waals surface area contributed by atoms with Crippen molar-refractivity contribution in [2.24, 2.45) is 4.99 Å². The number of carbonyl (C=O) groups excluding carboxylic acids is 1. The number of rotatable bonds is 4. The first kappa shape index (κ1) is 17.2. The lowest BCUT2D eigenvalue weighted by atomic mass is 10.2. The van der Waals surface area contributed by atoms with Crippen LogP contribution in [0.1, 0.15) is 0 Å². The largest absolute Gasteiger partial charge is 0.497 e. The minimum atomic E-state index is -3.08. The first-order chi connectivity index (χ1) is 11.4. The van der Waals surface area contributed by atoms with Crippen molar-refractivity contribution >= 4 is 38.4 Å². The fourth-order valence-electron chi connectivity index (χ4n) is 2.89. The van der Waals surface area contributed by atoms with Gasteiger partial charge in [0.2, 0.25) is 0 Å². The van der Waals surface area contributed by atoms with E-state index in [4.69, 9.17) is 9.47 Å². The van der Waals surface area contributed by atoms with Gasteiger partial charge in [-0.1, -0.05) is 17.8 Å². The SMILES string of the molecule is COCC(=O)N=C1S[C@@H]2CS(=O)(=O)C[C@H]2N1c1cccc(OC)c1. The Kier molecular flexibility index (Phi) is 4.84. The molecule has 0 aromatic heterocycles. The standard InChI is InChI=1S/C15H18N2O5S2/c1-21-7-14(18)16-15-17(10-4-3-5-11(6-10)22-2)12-8-24(19,20)9-13(12)23-15/h3-6,12-13H,7-9H2,1-2H3/t12-,13-/m1/s1. The van der Waals surface area contributed by atoms with E-state index in [0.717, 1.165) is 5.69 Å². The van der Waals surface area contributed by atoms with Gasteiger partial charge in [-0.3, -0.25) is 4.79 Å². The number of amidine groups is 1. The molecule has 1 amide bonds. The highest BCUT2D eigenvalue weighted by Crippen LogP contribution is 2.41. The number of nitrogens with zero attached hydrogens (tertiary/aromatic N) is 2. The number of thioether (sulfide) groups is 1. The molecule has 7 nitrogen and oxygen atoms in total. The van der Waals surface area contributed by atoms with Crippen molar-refractivity contribution in [3.8, 4) is 5.75 Å². The van der Waals surface area contributed by atoms with Crippen molar-refractivity contribution < 1.29 is 22.7 Å². The molecule has 2 aliphatic rings. The Labute approximate surface area is 144 Å². The molecule has 0 N–H and O–H groups in total. The van der Waals surface area contributed by atoms with Crippen LogP contribution in [-0.2, 0) is 19.4 Å². The van der Waals surface area contributed by atoms with E-state index < -0.39 is 15.7 Å². The lowest BCUT2D eigenvalue weighted by Crippen LogP contribution is -2.37. The number of methoxy groups -OCH3 is 2. The topological polar surface area (TPSA) is 85.3 Å². The highest BCUT2D eigenvalue weighted by molar-refractivity contribution is 8.16. The van der Waals surface area contributed by atoms with Crippen LogP contribution >= 0.6 is 11.8 Å². The smallest absolute Gasteiger partial charge is 0.274 e. The Morgan fingerprint density at radius 1 is 1.38 bits per heavy atom. The molecular weight excluding hydrogens is 352 g/mol. The molecule has 2 heterocycles. The van der Waals surface area contributed by atoms with Crippen LogP contribution in [0.4, 0.5) is 5.69 Å². The Bertz CT molecular complexity index is 778. The molecule has 2 aliphatic heterocycles. The fourth-order valence-corrected chi connectivity index (χ4v) is 6.82. The summed E-state index contributed by atoms with van der Waals surface area (Å²) in [6, 6.07) is 7.06. The van der Waals surface area contributed by atoms with E-state index in [9.17, 15) is 13.2 Å². The number of aliphatic imine (C=N–C) groups is 1. The molecule has 0 unspecified atom stereocenters. The summed E-state index contributed by atoms with van der Waals surface area (Å²) in [6.45, 7) is -0.107. The molecule has 9 heteroatoms. The summed E-state index contributed by atoms with van der Waals surface area (Å²) in [4.78, 5) is 17.8. The number of hydrogen-bond donors (Lipinski definition) is 0. The van der Waals surface area contributed by atoms with E-state index in [-0.39, 0.29) is 29.4 Å². The molecule has 1 aromatic carbocycles. The summed E-state index contributed by atoms with van der Waals surface area (Å²) >= 11 is 1.33. The summed E-state index contributed by atoms with van der Waals surface area (Å²) in [5.74, 6) is 0.416. The predicted octanol–water partition coefficient (Wildman–Crippen LogP) is 0.943. The fraction of sp³-hybridized carbons (Fsp3) is 0.467. The van der Waals surface area contributed by atoms with Gasteiger partial charge < -0.3 is 14.4 Å². The third-order valence-electron chi connectivity index (χ3n) is 3.89. The molecule has 130 valence electrons. The zero-order valence-electron chi connectivity index (χ0n) is 13.3. The van der Waals surface area contributed by atoms with Gasteiger partial charge in [0.25, 0.3) is 5.91 Å². The van der Waals surface area contributed by atoms with Crippen LogP contribution in [-0.4, -0.2) is 63.1 Å². The zero-order chi connectivity index (χ0) is 17.3. The van der Waals surface area contributed by atoms with Crippen LogP contribution in [0.15, 0.2) is 29.3 Å². The minimum Gasteiger partial charge on any atom is -0.497 e. The summed E-state index contributed by atoms with van der Waals surface area (Å²) in [6.07, 6.45) is 0. The van der Waals surface area contributed by atoms with Crippen molar-refractivity contribution in [3.05, 3.63) is 24.3 Å². The van der Waals surface area contributed by atoms with E-state index in [1.54, 1.807) is 7.11 Å². The van der Waals surface area contributed by atoms with Crippen molar-refractivity contribution in [2.45, 2.75) is 11.3 Å².